The van der Waals surface area contributed by atoms with Crippen molar-refractivity contribution in [3.63, 3.8) is 0 Å². The average molecular weight is 248 g/mol. The van der Waals surface area contributed by atoms with E-state index >= 15 is 0 Å². The van der Waals surface area contributed by atoms with Gasteiger partial charge in [0.1, 0.15) is 0 Å². The molecule has 0 spiro atoms. The maximum Gasteiger partial charge on any atom is 0.0469 e. The summed E-state index contributed by atoms with van der Waals surface area (Å²) in [6, 6.07) is 11.2. The Bertz CT molecular complexity index is 327. The van der Waals surface area contributed by atoms with Crippen LogP contribution in [0, 0.1) is 0 Å². The Morgan fingerprint density at radius 2 is 1.78 bits per heavy atom. The molecule has 0 aliphatic rings. The largest absolute Gasteiger partial charge is 0.310 e. The molecule has 1 aromatic rings. The maximum absolute atomic E-state index is 3.62. The highest BCUT2D eigenvalue weighted by atomic mass is 15.2. The van der Waals surface area contributed by atoms with E-state index in [0.29, 0.717) is 6.04 Å². The number of likely N-dealkylation sites (N-methyl/N-ethyl adjacent to an activating group) is 1. The van der Waals surface area contributed by atoms with E-state index in [9.17, 15) is 0 Å². The topological polar surface area (TPSA) is 15.3 Å². The molecular formula is C16H28N2. The molecule has 18 heavy (non-hydrogen) atoms. The van der Waals surface area contributed by atoms with E-state index in [-0.39, 0.29) is 5.54 Å². The molecule has 2 nitrogen and oxygen atoms in total. The third kappa shape index (κ3) is 5.19. The molecule has 1 atom stereocenters. The number of hydrogen-bond donors (Lipinski definition) is 1. The van der Waals surface area contributed by atoms with Gasteiger partial charge in [-0.25, -0.2) is 0 Å². The predicted octanol–water partition coefficient (Wildman–Crippen LogP) is 3.46. The predicted molar refractivity (Wildman–Crippen MR) is 79.9 cm³/mol. The molecule has 1 unspecified atom stereocenters. The van der Waals surface area contributed by atoms with E-state index in [2.05, 4.69) is 75.3 Å². The summed E-state index contributed by atoms with van der Waals surface area (Å²) in [5, 5.41) is 3.62. The molecule has 1 aromatic carbocycles. The van der Waals surface area contributed by atoms with Crippen LogP contribution < -0.4 is 5.32 Å². The fourth-order valence-electron chi connectivity index (χ4n) is 2.11. The van der Waals surface area contributed by atoms with Gasteiger partial charge in [-0.3, -0.25) is 4.90 Å². The van der Waals surface area contributed by atoms with E-state index < -0.39 is 0 Å². The number of nitrogens with zero attached hydrogens (tertiary/aromatic N) is 1. The number of hydrogen-bond acceptors (Lipinski definition) is 2. The van der Waals surface area contributed by atoms with Gasteiger partial charge >= 0.3 is 0 Å². The first kappa shape index (κ1) is 15.2. The van der Waals surface area contributed by atoms with Crippen molar-refractivity contribution < 1.29 is 0 Å². The van der Waals surface area contributed by atoms with E-state index in [1.54, 1.807) is 0 Å². The minimum absolute atomic E-state index is 0.167. The Hall–Kier alpha value is -0.860. The van der Waals surface area contributed by atoms with Crippen molar-refractivity contribution in [2.45, 2.75) is 45.7 Å². The lowest BCUT2D eigenvalue weighted by Crippen LogP contribution is -2.42. The third-order valence-electron chi connectivity index (χ3n) is 3.12. The fourth-order valence-corrected chi connectivity index (χ4v) is 2.11. The highest BCUT2D eigenvalue weighted by Crippen LogP contribution is 2.19. The van der Waals surface area contributed by atoms with E-state index in [4.69, 9.17) is 0 Å². The Morgan fingerprint density at radius 3 is 2.28 bits per heavy atom. The van der Waals surface area contributed by atoms with Gasteiger partial charge in [-0.2, -0.15) is 0 Å². The van der Waals surface area contributed by atoms with Crippen molar-refractivity contribution in [1.29, 1.82) is 0 Å². The molecule has 0 saturated carbocycles. The molecule has 0 aliphatic heterocycles. The summed E-state index contributed by atoms with van der Waals surface area (Å²) in [5.74, 6) is 0. The van der Waals surface area contributed by atoms with Crippen molar-refractivity contribution in [3.8, 4) is 0 Å². The molecular weight excluding hydrogens is 220 g/mol. The number of nitrogens with one attached hydrogen (secondary N) is 1. The van der Waals surface area contributed by atoms with Crippen molar-refractivity contribution in [3.05, 3.63) is 35.9 Å². The molecule has 2 heteroatoms. The first-order valence-electron chi connectivity index (χ1n) is 6.94. The maximum atomic E-state index is 3.62. The highest BCUT2D eigenvalue weighted by Gasteiger charge is 2.18. The summed E-state index contributed by atoms with van der Waals surface area (Å²) in [6.07, 6.45) is 1.19. The van der Waals surface area contributed by atoms with Gasteiger partial charge in [-0.15, -0.1) is 0 Å². The van der Waals surface area contributed by atoms with Gasteiger partial charge in [0.25, 0.3) is 0 Å². The van der Waals surface area contributed by atoms with Crippen LogP contribution in [0.4, 0.5) is 0 Å². The third-order valence-corrected chi connectivity index (χ3v) is 3.12. The van der Waals surface area contributed by atoms with Crippen molar-refractivity contribution in [2.75, 3.05) is 20.1 Å². The van der Waals surface area contributed by atoms with E-state index in [1.807, 2.05) is 0 Å². The first-order chi connectivity index (χ1) is 8.44. The van der Waals surface area contributed by atoms with Crippen molar-refractivity contribution in [2.24, 2.45) is 0 Å². The molecule has 0 heterocycles. The second kappa shape index (κ2) is 6.91. The van der Waals surface area contributed by atoms with Gasteiger partial charge in [-0.1, -0.05) is 37.3 Å². The molecule has 0 amide bonds. The second-order valence-electron chi connectivity index (χ2n) is 6.04. The summed E-state index contributed by atoms with van der Waals surface area (Å²) >= 11 is 0. The van der Waals surface area contributed by atoms with Crippen LogP contribution >= 0.6 is 0 Å². The van der Waals surface area contributed by atoms with Crippen LogP contribution in [0.2, 0.25) is 0 Å². The Balaban J connectivity index is 2.76. The molecule has 1 rings (SSSR count). The quantitative estimate of drug-likeness (QED) is 0.829. The van der Waals surface area contributed by atoms with Crippen molar-refractivity contribution >= 4 is 0 Å². The highest BCUT2D eigenvalue weighted by molar-refractivity contribution is 5.19. The molecule has 0 aromatic heterocycles. The standard InChI is InChI=1S/C16H28N2/c1-6-12-18(5)15(13-17-16(2,3)4)14-10-8-7-9-11-14/h7-11,15,17H,6,12-13H2,1-5H3. The zero-order valence-corrected chi connectivity index (χ0v) is 12.5. The summed E-state index contributed by atoms with van der Waals surface area (Å²) in [7, 11) is 2.21. The molecule has 0 aliphatic carbocycles. The minimum Gasteiger partial charge on any atom is -0.310 e. The van der Waals surface area contributed by atoms with Crippen molar-refractivity contribution in [1.82, 2.24) is 10.2 Å². The molecule has 0 fully saturated rings. The van der Waals surface area contributed by atoms with E-state index in [1.165, 1.54) is 12.0 Å². The lowest BCUT2D eigenvalue weighted by Gasteiger charge is -2.32. The van der Waals surface area contributed by atoms with Crippen LogP contribution in [-0.4, -0.2) is 30.6 Å². The summed E-state index contributed by atoms with van der Waals surface area (Å²) in [4.78, 5) is 2.44. The first-order valence-corrected chi connectivity index (χ1v) is 6.94. The van der Waals surface area contributed by atoms with Gasteiger partial charge in [0.2, 0.25) is 0 Å². The smallest absolute Gasteiger partial charge is 0.0469 e. The summed E-state index contributed by atoms with van der Waals surface area (Å²) in [5.41, 5.74) is 1.56. The molecule has 1 N–H and O–H groups in total. The van der Waals surface area contributed by atoms with Crippen LogP contribution in [0.3, 0.4) is 0 Å². The van der Waals surface area contributed by atoms with Gasteiger partial charge in [0.15, 0.2) is 0 Å². The van der Waals surface area contributed by atoms with Gasteiger partial charge < -0.3 is 5.32 Å². The van der Waals surface area contributed by atoms with Gasteiger partial charge in [-0.05, 0) is 46.3 Å². The minimum atomic E-state index is 0.167. The molecule has 0 bridgehead atoms. The summed E-state index contributed by atoms with van der Waals surface area (Å²) in [6.45, 7) is 11.0. The van der Waals surface area contributed by atoms with Crippen LogP contribution in [0.5, 0.6) is 0 Å². The molecule has 0 radical (unpaired) electrons. The number of benzene rings is 1. The summed E-state index contributed by atoms with van der Waals surface area (Å²) < 4.78 is 0. The van der Waals surface area contributed by atoms with Crippen LogP contribution in [0.1, 0.15) is 45.7 Å². The van der Waals surface area contributed by atoms with Crippen LogP contribution in [0.15, 0.2) is 30.3 Å². The molecule has 0 saturated heterocycles. The molecule has 102 valence electrons. The monoisotopic (exact) mass is 248 g/mol. The normalized spacial score (nSPS) is 13.9. The zero-order chi connectivity index (χ0) is 13.6. The van der Waals surface area contributed by atoms with Gasteiger partial charge in [0.05, 0.1) is 0 Å². The Labute approximate surface area is 112 Å². The fraction of sp³-hybridized carbons (Fsp3) is 0.625. The lowest BCUT2D eigenvalue weighted by atomic mass is 10.0. The van der Waals surface area contributed by atoms with Gasteiger partial charge in [0, 0.05) is 18.1 Å². The average Bonchev–Trinajstić information content (AvgIpc) is 2.29. The van der Waals surface area contributed by atoms with Crippen LogP contribution in [0.25, 0.3) is 0 Å². The second-order valence-corrected chi connectivity index (χ2v) is 6.04. The zero-order valence-electron chi connectivity index (χ0n) is 12.5. The van der Waals surface area contributed by atoms with Crippen LogP contribution in [-0.2, 0) is 0 Å². The Morgan fingerprint density at radius 1 is 1.17 bits per heavy atom. The lowest BCUT2D eigenvalue weighted by molar-refractivity contribution is 0.224. The number of rotatable bonds is 6. The SMILES string of the molecule is CCCN(C)C(CNC(C)(C)C)c1ccccc1. The Kier molecular flexibility index (Phi) is 5.83. The van der Waals surface area contributed by atoms with E-state index in [0.717, 1.165) is 13.1 Å².